The number of nitrogens with zero attached hydrogens (tertiary/aromatic N) is 4. The molecular weight excluding hydrogens is 553 g/mol. The minimum Gasteiger partial charge on any atom is -0.448 e. The van der Waals surface area contributed by atoms with Gasteiger partial charge in [0.1, 0.15) is 11.6 Å². The van der Waals surface area contributed by atoms with Crippen LogP contribution in [0.2, 0.25) is 5.02 Å². The molecule has 1 aliphatic carbocycles. The maximum atomic E-state index is 13.2. The van der Waals surface area contributed by atoms with Crippen LogP contribution in [0.25, 0.3) is 0 Å². The molecule has 0 unspecified atom stereocenters. The third-order valence-electron chi connectivity index (χ3n) is 6.63. The zero-order valence-corrected chi connectivity index (χ0v) is 22.9. The second-order valence-electron chi connectivity index (χ2n) is 9.27. The highest BCUT2D eigenvalue weighted by Crippen LogP contribution is 2.33. The quantitative estimate of drug-likeness (QED) is 0.391. The predicted molar refractivity (Wildman–Crippen MR) is 144 cm³/mol. The molecular formula is C24H27Cl2N7O4S. The first-order chi connectivity index (χ1) is 17.9. The van der Waals surface area contributed by atoms with Crippen LogP contribution in [0.4, 0.5) is 5.82 Å². The van der Waals surface area contributed by atoms with Gasteiger partial charge in [0.25, 0.3) is 5.91 Å². The third-order valence-corrected chi connectivity index (χ3v) is 7.93. The van der Waals surface area contributed by atoms with Gasteiger partial charge in [-0.25, -0.2) is 15.0 Å². The van der Waals surface area contributed by atoms with Crippen LogP contribution in [0.15, 0.2) is 35.3 Å². The molecule has 1 aliphatic heterocycles. The molecule has 3 aromatic rings. The largest absolute Gasteiger partial charge is 0.448 e. The van der Waals surface area contributed by atoms with Gasteiger partial charge in [-0.3, -0.25) is 14.4 Å². The summed E-state index contributed by atoms with van der Waals surface area (Å²) in [6.45, 7) is 1.68. The first-order valence-electron chi connectivity index (χ1n) is 12.0. The van der Waals surface area contributed by atoms with Gasteiger partial charge in [0.15, 0.2) is 11.4 Å². The maximum absolute atomic E-state index is 13.2. The van der Waals surface area contributed by atoms with E-state index in [4.69, 9.17) is 16.0 Å². The minimum absolute atomic E-state index is 0. The molecule has 5 rings (SSSR count). The van der Waals surface area contributed by atoms with Gasteiger partial charge in [0.2, 0.25) is 0 Å². The van der Waals surface area contributed by atoms with E-state index in [-0.39, 0.29) is 30.0 Å². The predicted octanol–water partition coefficient (Wildman–Crippen LogP) is 2.78. The minimum atomic E-state index is -0.853. The average Bonchev–Trinajstić information content (AvgIpc) is 3.56. The van der Waals surface area contributed by atoms with E-state index >= 15 is 0 Å². The van der Waals surface area contributed by atoms with E-state index in [1.54, 1.807) is 12.3 Å². The van der Waals surface area contributed by atoms with Crippen LogP contribution in [-0.4, -0.2) is 63.2 Å². The van der Waals surface area contributed by atoms with Crippen LogP contribution in [0.5, 0.6) is 0 Å². The van der Waals surface area contributed by atoms with E-state index in [1.807, 2.05) is 7.05 Å². The number of rotatable bonds is 5. The van der Waals surface area contributed by atoms with E-state index < -0.39 is 23.9 Å². The summed E-state index contributed by atoms with van der Waals surface area (Å²) in [6.07, 6.45) is 6.98. The van der Waals surface area contributed by atoms with Crippen LogP contribution in [0, 0.1) is 0 Å². The number of carbonyl (C=O) groups is 3. The Bertz CT molecular complexity index is 1290. The standard InChI is InChI=1S/C24H26ClN7O4S.ClH/c1-32-7-6-16-19(11-32)37-24(30-16)23(35)29-17-8-13(18-10-26-12-36-18)2-4-15(17)28-21(33)22(34)31-20-5-3-14(25)9-27-20;/h3,5,9-10,12-13,15,17H,2,4,6-8,11H2,1H3,(H,28,33)(H,29,35)(H,27,31,34);1H/t13-,15-,17+;/m0./s1. The lowest BCUT2D eigenvalue weighted by atomic mass is 9.81. The van der Waals surface area contributed by atoms with Gasteiger partial charge in [-0.15, -0.1) is 23.7 Å². The van der Waals surface area contributed by atoms with Gasteiger partial charge in [0.05, 0.1) is 23.0 Å². The molecule has 3 amide bonds. The Balaban J connectivity index is 0.00000336. The van der Waals surface area contributed by atoms with Crippen LogP contribution >= 0.6 is 35.3 Å². The number of oxazole rings is 1. The van der Waals surface area contributed by atoms with E-state index in [1.165, 1.54) is 30.0 Å². The molecule has 0 saturated heterocycles. The highest BCUT2D eigenvalue weighted by atomic mass is 35.5. The molecule has 0 spiro atoms. The molecule has 0 aromatic carbocycles. The molecule has 0 radical (unpaired) electrons. The molecule has 3 aromatic heterocycles. The lowest BCUT2D eigenvalue weighted by molar-refractivity contribution is -0.136. The van der Waals surface area contributed by atoms with E-state index in [9.17, 15) is 14.4 Å². The Morgan fingerprint density at radius 3 is 2.71 bits per heavy atom. The topological polar surface area (TPSA) is 142 Å². The van der Waals surface area contributed by atoms with Crippen molar-refractivity contribution in [2.24, 2.45) is 0 Å². The van der Waals surface area contributed by atoms with E-state index in [2.05, 4.69) is 35.8 Å². The van der Waals surface area contributed by atoms with Gasteiger partial charge in [-0.2, -0.15) is 0 Å². The number of anilines is 1. The Hall–Kier alpha value is -3.06. The fraction of sp³-hybridized carbons (Fsp3) is 0.417. The molecule has 1 fully saturated rings. The zero-order chi connectivity index (χ0) is 25.9. The summed E-state index contributed by atoms with van der Waals surface area (Å²) in [5.41, 5.74) is 0.966. The van der Waals surface area contributed by atoms with Crippen molar-refractivity contribution in [3.63, 3.8) is 0 Å². The van der Waals surface area contributed by atoms with Crippen LogP contribution in [0.1, 0.15) is 51.3 Å². The van der Waals surface area contributed by atoms with Gasteiger partial charge in [0, 0.05) is 42.5 Å². The van der Waals surface area contributed by atoms with Crippen molar-refractivity contribution in [1.29, 1.82) is 0 Å². The summed E-state index contributed by atoms with van der Waals surface area (Å²) in [5.74, 6) is -1.00. The first kappa shape index (κ1) is 28.0. The molecule has 202 valence electrons. The van der Waals surface area contributed by atoms with Crippen molar-refractivity contribution in [2.45, 2.75) is 50.2 Å². The number of hydrogen-bond acceptors (Lipinski definition) is 9. The second kappa shape index (κ2) is 12.2. The Kier molecular flexibility index (Phi) is 8.98. The van der Waals surface area contributed by atoms with Gasteiger partial charge >= 0.3 is 11.8 Å². The highest BCUT2D eigenvalue weighted by Gasteiger charge is 2.36. The number of hydrogen-bond donors (Lipinski definition) is 3. The number of fused-ring (bicyclic) bond motifs is 1. The molecule has 38 heavy (non-hydrogen) atoms. The number of halogens is 2. The average molecular weight is 580 g/mol. The van der Waals surface area contributed by atoms with Crippen molar-refractivity contribution in [2.75, 3.05) is 18.9 Å². The summed E-state index contributed by atoms with van der Waals surface area (Å²) in [5, 5.41) is 9.12. The Morgan fingerprint density at radius 1 is 1.13 bits per heavy atom. The smallest absolute Gasteiger partial charge is 0.314 e. The second-order valence-corrected chi connectivity index (χ2v) is 10.8. The number of thiazole rings is 1. The van der Waals surface area contributed by atoms with Crippen LogP contribution < -0.4 is 16.0 Å². The SMILES string of the molecule is CN1CCc2nc(C(=O)N[C@@H]3C[C@@H](c4cnco4)CC[C@@H]3NC(=O)C(=O)Nc3ccc(Cl)cn3)sc2C1.Cl. The molecule has 0 bridgehead atoms. The lowest BCUT2D eigenvalue weighted by Crippen LogP contribution is -2.55. The summed E-state index contributed by atoms with van der Waals surface area (Å²) in [6, 6.07) is 2.17. The fourth-order valence-corrected chi connectivity index (χ4v) is 5.90. The number of likely N-dealkylation sites (N-methyl/N-ethyl adjacent to an activating group) is 1. The van der Waals surface area contributed by atoms with Crippen LogP contribution in [-0.2, 0) is 22.6 Å². The van der Waals surface area contributed by atoms with E-state index in [0.717, 1.165) is 35.8 Å². The first-order valence-corrected chi connectivity index (χ1v) is 13.1. The monoisotopic (exact) mass is 579 g/mol. The number of pyridine rings is 1. The van der Waals surface area contributed by atoms with Gasteiger partial charge < -0.3 is 25.3 Å². The lowest BCUT2D eigenvalue weighted by Gasteiger charge is -2.36. The van der Waals surface area contributed by atoms with Crippen molar-refractivity contribution in [1.82, 2.24) is 30.5 Å². The highest BCUT2D eigenvalue weighted by molar-refractivity contribution is 7.13. The van der Waals surface area contributed by atoms with Crippen LogP contribution in [0.3, 0.4) is 0 Å². The number of amides is 3. The van der Waals surface area contributed by atoms with E-state index in [0.29, 0.717) is 29.3 Å². The third kappa shape index (κ3) is 6.49. The van der Waals surface area contributed by atoms with Gasteiger partial charge in [-0.05, 0) is 38.4 Å². The number of nitrogens with one attached hydrogen (secondary N) is 3. The Morgan fingerprint density at radius 2 is 1.97 bits per heavy atom. The maximum Gasteiger partial charge on any atom is 0.314 e. The Labute approximate surface area is 234 Å². The molecule has 4 heterocycles. The molecule has 2 aliphatic rings. The van der Waals surface area contributed by atoms with Gasteiger partial charge in [-0.1, -0.05) is 11.6 Å². The fourth-order valence-electron chi connectivity index (χ4n) is 4.70. The number of carbonyl (C=O) groups excluding carboxylic acids is 3. The summed E-state index contributed by atoms with van der Waals surface area (Å²) < 4.78 is 5.50. The zero-order valence-electron chi connectivity index (χ0n) is 20.5. The number of aromatic nitrogens is 3. The van der Waals surface area contributed by atoms with Crippen molar-refractivity contribution >= 4 is 58.9 Å². The van der Waals surface area contributed by atoms with Crippen molar-refractivity contribution < 1.29 is 18.8 Å². The normalized spacial score (nSPS) is 21.1. The molecule has 3 N–H and O–H groups in total. The van der Waals surface area contributed by atoms with Crippen molar-refractivity contribution in [3.05, 3.63) is 57.3 Å². The van der Waals surface area contributed by atoms with Crippen molar-refractivity contribution in [3.8, 4) is 0 Å². The summed E-state index contributed by atoms with van der Waals surface area (Å²) in [4.78, 5) is 54.3. The molecule has 1 saturated carbocycles. The molecule has 3 atom stereocenters. The molecule has 14 heteroatoms. The summed E-state index contributed by atoms with van der Waals surface area (Å²) >= 11 is 7.22. The molecule has 11 nitrogen and oxygen atoms in total. The summed E-state index contributed by atoms with van der Waals surface area (Å²) in [7, 11) is 2.04.